The maximum absolute atomic E-state index is 11.3. The standard InChI is InChI=1S/C13H16N6O3/c1-18(2)17-13-11(19(20)21)12(14-8-15-13)16-9-5-4-6-10(7-9)22-3/h4-8H,1-3H3,(H2,14,15,16,17). The third-order valence-electron chi connectivity index (χ3n) is 2.67. The molecule has 2 rings (SSSR count). The second-order valence-electron chi connectivity index (χ2n) is 4.54. The average molecular weight is 304 g/mol. The van der Waals surface area contributed by atoms with E-state index >= 15 is 0 Å². The third kappa shape index (κ3) is 3.58. The molecular weight excluding hydrogens is 288 g/mol. The zero-order valence-electron chi connectivity index (χ0n) is 12.4. The zero-order chi connectivity index (χ0) is 16.1. The largest absolute Gasteiger partial charge is 0.497 e. The van der Waals surface area contributed by atoms with E-state index in [1.165, 1.54) is 6.33 Å². The van der Waals surface area contributed by atoms with Crippen molar-refractivity contribution in [2.24, 2.45) is 0 Å². The minimum absolute atomic E-state index is 0.0950. The van der Waals surface area contributed by atoms with Crippen molar-refractivity contribution in [3.63, 3.8) is 0 Å². The van der Waals surface area contributed by atoms with Gasteiger partial charge in [-0.2, -0.15) is 0 Å². The zero-order valence-corrected chi connectivity index (χ0v) is 12.4. The lowest BCUT2D eigenvalue weighted by atomic mass is 10.3. The number of anilines is 3. The van der Waals surface area contributed by atoms with E-state index < -0.39 is 4.92 Å². The Morgan fingerprint density at radius 2 is 2.00 bits per heavy atom. The maximum Gasteiger partial charge on any atom is 0.354 e. The molecule has 0 radical (unpaired) electrons. The summed E-state index contributed by atoms with van der Waals surface area (Å²) in [5, 5.41) is 15.8. The van der Waals surface area contributed by atoms with Gasteiger partial charge in [-0.25, -0.2) is 15.0 Å². The van der Waals surface area contributed by atoms with Gasteiger partial charge in [0, 0.05) is 25.8 Å². The highest BCUT2D eigenvalue weighted by molar-refractivity contribution is 5.73. The highest BCUT2D eigenvalue weighted by Crippen LogP contribution is 2.31. The predicted molar refractivity (Wildman–Crippen MR) is 82.3 cm³/mol. The maximum atomic E-state index is 11.3. The number of aromatic nitrogens is 2. The van der Waals surface area contributed by atoms with Crippen LogP contribution in [0.3, 0.4) is 0 Å². The quantitative estimate of drug-likeness (QED) is 0.617. The molecule has 0 amide bonds. The summed E-state index contributed by atoms with van der Waals surface area (Å²) in [5.41, 5.74) is 3.16. The average Bonchev–Trinajstić information content (AvgIpc) is 2.46. The van der Waals surface area contributed by atoms with Crippen LogP contribution < -0.4 is 15.5 Å². The Morgan fingerprint density at radius 1 is 1.27 bits per heavy atom. The van der Waals surface area contributed by atoms with Gasteiger partial charge in [0.1, 0.15) is 12.1 Å². The van der Waals surface area contributed by atoms with Crippen LogP contribution in [0.1, 0.15) is 0 Å². The Hall–Kier alpha value is -2.94. The molecule has 0 unspecified atom stereocenters. The number of nitro groups is 1. The molecule has 0 aliphatic heterocycles. The lowest BCUT2D eigenvalue weighted by molar-refractivity contribution is -0.383. The number of ether oxygens (including phenoxy) is 1. The lowest BCUT2D eigenvalue weighted by Gasteiger charge is -2.14. The van der Waals surface area contributed by atoms with Gasteiger partial charge in [-0.15, -0.1) is 0 Å². The van der Waals surface area contributed by atoms with Gasteiger partial charge in [-0.1, -0.05) is 6.07 Å². The fourth-order valence-electron chi connectivity index (χ4n) is 1.77. The molecule has 0 saturated heterocycles. The van der Waals surface area contributed by atoms with E-state index in [1.54, 1.807) is 50.5 Å². The van der Waals surface area contributed by atoms with Gasteiger partial charge < -0.3 is 10.1 Å². The van der Waals surface area contributed by atoms with Crippen molar-refractivity contribution < 1.29 is 9.66 Å². The van der Waals surface area contributed by atoms with Gasteiger partial charge in [0.05, 0.1) is 12.0 Å². The van der Waals surface area contributed by atoms with Crippen LogP contribution in [0.4, 0.5) is 23.0 Å². The van der Waals surface area contributed by atoms with Crippen LogP contribution in [-0.2, 0) is 0 Å². The van der Waals surface area contributed by atoms with Crippen LogP contribution in [0, 0.1) is 10.1 Å². The monoisotopic (exact) mass is 304 g/mol. The van der Waals surface area contributed by atoms with E-state index in [4.69, 9.17) is 4.74 Å². The van der Waals surface area contributed by atoms with Crippen LogP contribution >= 0.6 is 0 Å². The summed E-state index contributed by atoms with van der Waals surface area (Å²) in [5.74, 6) is 0.835. The van der Waals surface area contributed by atoms with Crippen LogP contribution in [-0.4, -0.2) is 41.1 Å². The molecule has 1 heterocycles. The number of benzene rings is 1. The summed E-state index contributed by atoms with van der Waals surface area (Å²) in [6.45, 7) is 0. The first-order valence-corrected chi connectivity index (χ1v) is 6.35. The van der Waals surface area contributed by atoms with Crippen molar-refractivity contribution >= 4 is 23.0 Å². The fourth-order valence-corrected chi connectivity index (χ4v) is 1.77. The van der Waals surface area contributed by atoms with Crippen molar-refractivity contribution in [3.05, 3.63) is 40.7 Å². The van der Waals surface area contributed by atoms with E-state index in [-0.39, 0.29) is 17.3 Å². The summed E-state index contributed by atoms with van der Waals surface area (Å²) in [4.78, 5) is 18.7. The minimum atomic E-state index is -0.533. The highest BCUT2D eigenvalue weighted by Gasteiger charge is 2.23. The molecule has 1 aromatic carbocycles. The molecule has 0 saturated carbocycles. The molecule has 2 N–H and O–H groups in total. The van der Waals surface area contributed by atoms with E-state index in [0.717, 1.165) is 0 Å². The predicted octanol–water partition coefficient (Wildman–Crippen LogP) is 2.03. The number of hydrazine groups is 1. The van der Waals surface area contributed by atoms with Gasteiger partial charge >= 0.3 is 5.69 Å². The molecular formula is C13H16N6O3. The summed E-state index contributed by atoms with van der Waals surface area (Å²) in [6, 6.07) is 7.02. The van der Waals surface area contributed by atoms with Crippen LogP contribution in [0.5, 0.6) is 5.75 Å². The van der Waals surface area contributed by atoms with Gasteiger partial charge in [-0.3, -0.25) is 15.5 Å². The van der Waals surface area contributed by atoms with Gasteiger partial charge in [0.25, 0.3) is 0 Å². The second-order valence-corrected chi connectivity index (χ2v) is 4.54. The first-order chi connectivity index (χ1) is 10.5. The minimum Gasteiger partial charge on any atom is -0.497 e. The van der Waals surface area contributed by atoms with Gasteiger partial charge in [-0.05, 0) is 12.1 Å². The molecule has 1 aromatic heterocycles. The Balaban J connectivity index is 2.39. The lowest BCUT2D eigenvalue weighted by Crippen LogP contribution is -2.21. The van der Waals surface area contributed by atoms with Crippen molar-refractivity contribution in [1.29, 1.82) is 0 Å². The second kappa shape index (κ2) is 6.68. The number of hydrogen-bond donors (Lipinski definition) is 2. The Bertz CT molecular complexity index is 677. The summed E-state index contributed by atoms with van der Waals surface area (Å²) >= 11 is 0. The normalized spacial score (nSPS) is 10.4. The number of methoxy groups -OCH3 is 1. The van der Waals surface area contributed by atoms with Crippen LogP contribution in [0.25, 0.3) is 0 Å². The SMILES string of the molecule is COc1cccc(Nc2ncnc(NN(C)C)c2[N+](=O)[O-])c1. The summed E-state index contributed by atoms with van der Waals surface area (Å²) in [6.07, 6.45) is 1.25. The van der Waals surface area contributed by atoms with Crippen molar-refractivity contribution in [2.45, 2.75) is 0 Å². The molecule has 0 aliphatic carbocycles. The van der Waals surface area contributed by atoms with Crippen molar-refractivity contribution in [3.8, 4) is 5.75 Å². The molecule has 2 aromatic rings. The first kappa shape index (κ1) is 15.4. The first-order valence-electron chi connectivity index (χ1n) is 6.35. The molecule has 9 heteroatoms. The fraction of sp³-hybridized carbons (Fsp3) is 0.231. The summed E-state index contributed by atoms with van der Waals surface area (Å²) < 4.78 is 5.12. The number of nitrogens with zero attached hydrogens (tertiary/aromatic N) is 4. The molecule has 116 valence electrons. The molecule has 0 atom stereocenters. The highest BCUT2D eigenvalue weighted by atomic mass is 16.6. The topological polar surface area (TPSA) is 105 Å². The van der Waals surface area contributed by atoms with E-state index in [9.17, 15) is 10.1 Å². The van der Waals surface area contributed by atoms with Gasteiger partial charge in [0.15, 0.2) is 0 Å². The number of nitrogens with one attached hydrogen (secondary N) is 2. The van der Waals surface area contributed by atoms with Crippen LogP contribution in [0.15, 0.2) is 30.6 Å². The third-order valence-corrected chi connectivity index (χ3v) is 2.67. The van der Waals surface area contributed by atoms with E-state index in [0.29, 0.717) is 11.4 Å². The van der Waals surface area contributed by atoms with Crippen LogP contribution in [0.2, 0.25) is 0 Å². The van der Waals surface area contributed by atoms with Gasteiger partial charge in [0.2, 0.25) is 11.6 Å². The number of hydrogen-bond acceptors (Lipinski definition) is 8. The smallest absolute Gasteiger partial charge is 0.354 e. The Kier molecular flexibility index (Phi) is 4.69. The molecule has 0 fully saturated rings. The molecule has 22 heavy (non-hydrogen) atoms. The molecule has 0 bridgehead atoms. The Labute approximate surface area is 127 Å². The summed E-state index contributed by atoms with van der Waals surface area (Å²) in [7, 11) is 4.97. The van der Waals surface area contributed by atoms with E-state index in [2.05, 4.69) is 20.7 Å². The Morgan fingerprint density at radius 3 is 2.64 bits per heavy atom. The molecule has 0 aliphatic rings. The molecule has 9 nitrogen and oxygen atoms in total. The van der Waals surface area contributed by atoms with E-state index in [1.807, 2.05) is 0 Å². The molecule has 0 spiro atoms. The van der Waals surface area contributed by atoms with Crippen molar-refractivity contribution in [1.82, 2.24) is 15.0 Å². The number of rotatable bonds is 6. The van der Waals surface area contributed by atoms with Crippen molar-refractivity contribution in [2.75, 3.05) is 31.9 Å².